The van der Waals surface area contributed by atoms with Crippen molar-refractivity contribution in [2.75, 3.05) is 5.73 Å². The van der Waals surface area contributed by atoms with Crippen LogP contribution in [-0.2, 0) is 13.6 Å². The number of benzene rings is 1. The molecule has 0 saturated carbocycles. The van der Waals surface area contributed by atoms with Crippen LogP contribution in [0.1, 0.15) is 5.56 Å². The lowest BCUT2D eigenvalue weighted by molar-refractivity contribution is 0.940. The molecule has 0 atom stereocenters. The van der Waals surface area contributed by atoms with Crippen LogP contribution in [0.25, 0.3) is 33.7 Å². The summed E-state index contributed by atoms with van der Waals surface area (Å²) < 4.78 is 1.92. The maximum absolute atomic E-state index is 5.78. The molecule has 0 spiro atoms. The van der Waals surface area contributed by atoms with Crippen LogP contribution in [0.5, 0.6) is 0 Å². The summed E-state index contributed by atoms with van der Waals surface area (Å²) in [5.74, 6) is 1.01. The second kappa shape index (κ2) is 5.95. The van der Waals surface area contributed by atoms with Gasteiger partial charge in [-0.1, -0.05) is 18.2 Å². The van der Waals surface area contributed by atoms with Gasteiger partial charge in [0.2, 0.25) is 5.95 Å². The summed E-state index contributed by atoms with van der Waals surface area (Å²) in [7, 11) is 1.91. The van der Waals surface area contributed by atoms with Gasteiger partial charge in [-0.25, -0.2) is 9.97 Å². The number of nitrogens with zero attached hydrogens (tertiary/aromatic N) is 5. The standard InChI is InChI=1S/C18H17N7/c1-25-16(23-15-10-22-18(20)24-17(15)25)13-5-6-21-9-14(13)12-4-2-3-11(7-12)8-19/h2-7,9-10H,8,19H2,1H3,(H2,20,22,24). The Bertz CT molecular complexity index is 1070. The number of rotatable bonds is 3. The maximum atomic E-state index is 5.78. The van der Waals surface area contributed by atoms with Crippen LogP contribution in [0.4, 0.5) is 5.95 Å². The third-order valence-electron chi connectivity index (χ3n) is 4.17. The van der Waals surface area contributed by atoms with Crippen molar-refractivity contribution < 1.29 is 0 Å². The number of hydrogen-bond donors (Lipinski definition) is 2. The Balaban J connectivity index is 1.94. The lowest BCUT2D eigenvalue weighted by Gasteiger charge is -2.10. The van der Waals surface area contributed by atoms with Crippen LogP contribution in [0, 0.1) is 0 Å². The first-order chi connectivity index (χ1) is 12.2. The normalized spacial score (nSPS) is 11.1. The quantitative estimate of drug-likeness (QED) is 0.595. The van der Waals surface area contributed by atoms with Crippen LogP contribution in [-0.4, -0.2) is 24.5 Å². The van der Waals surface area contributed by atoms with Crippen LogP contribution in [0.15, 0.2) is 48.9 Å². The maximum Gasteiger partial charge on any atom is 0.222 e. The number of anilines is 1. The highest BCUT2D eigenvalue weighted by molar-refractivity contribution is 5.84. The van der Waals surface area contributed by atoms with E-state index >= 15 is 0 Å². The first-order valence-corrected chi connectivity index (χ1v) is 7.86. The van der Waals surface area contributed by atoms with E-state index in [4.69, 9.17) is 11.5 Å². The Morgan fingerprint density at radius 1 is 1.08 bits per heavy atom. The monoisotopic (exact) mass is 331 g/mol. The van der Waals surface area contributed by atoms with Gasteiger partial charge in [-0.3, -0.25) is 4.98 Å². The fourth-order valence-corrected chi connectivity index (χ4v) is 2.92. The summed E-state index contributed by atoms with van der Waals surface area (Å²) in [5, 5.41) is 0. The molecule has 0 aliphatic carbocycles. The second-order valence-electron chi connectivity index (χ2n) is 5.76. The van der Waals surface area contributed by atoms with Gasteiger partial charge in [0.05, 0.1) is 6.20 Å². The summed E-state index contributed by atoms with van der Waals surface area (Å²) in [6, 6.07) is 10.1. The number of nitrogens with two attached hydrogens (primary N) is 2. The van der Waals surface area contributed by atoms with Crippen molar-refractivity contribution in [1.82, 2.24) is 24.5 Å². The third-order valence-corrected chi connectivity index (χ3v) is 4.17. The zero-order chi connectivity index (χ0) is 17.4. The van der Waals surface area contributed by atoms with Gasteiger partial charge in [-0.15, -0.1) is 0 Å². The van der Waals surface area contributed by atoms with Crippen molar-refractivity contribution in [2.24, 2.45) is 12.8 Å². The molecule has 4 rings (SSSR count). The van der Waals surface area contributed by atoms with Crippen molar-refractivity contribution in [3.63, 3.8) is 0 Å². The predicted octanol–water partition coefficient (Wildman–Crippen LogP) is 2.13. The number of aromatic nitrogens is 5. The third kappa shape index (κ3) is 2.60. The summed E-state index contributed by atoms with van der Waals surface area (Å²) in [4.78, 5) is 17.3. The smallest absolute Gasteiger partial charge is 0.222 e. The topological polar surface area (TPSA) is 109 Å². The lowest BCUT2D eigenvalue weighted by atomic mass is 9.99. The molecule has 25 heavy (non-hydrogen) atoms. The highest BCUT2D eigenvalue weighted by Gasteiger charge is 2.16. The fraction of sp³-hybridized carbons (Fsp3) is 0.111. The van der Waals surface area contributed by atoms with Gasteiger partial charge >= 0.3 is 0 Å². The van der Waals surface area contributed by atoms with Gasteiger partial charge in [0, 0.05) is 37.1 Å². The summed E-state index contributed by atoms with van der Waals surface area (Å²) >= 11 is 0. The molecular weight excluding hydrogens is 314 g/mol. The largest absolute Gasteiger partial charge is 0.368 e. The van der Waals surface area contributed by atoms with Crippen molar-refractivity contribution in [3.8, 4) is 22.5 Å². The Kier molecular flexibility index (Phi) is 3.62. The molecule has 3 aromatic heterocycles. The van der Waals surface area contributed by atoms with E-state index in [1.54, 1.807) is 12.4 Å². The zero-order valence-corrected chi connectivity index (χ0v) is 13.7. The molecule has 4 aromatic rings. The molecule has 4 N–H and O–H groups in total. The van der Waals surface area contributed by atoms with Gasteiger partial charge in [-0.2, -0.15) is 4.98 Å². The Hall–Kier alpha value is -3.32. The van der Waals surface area contributed by atoms with E-state index in [0.717, 1.165) is 28.1 Å². The molecule has 1 aromatic carbocycles. The molecule has 0 radical (unpaired) electrons. The van der Waals surface area contributed by atoms with Crippen molar-refractivity contribution >= 4 is 17.1 Å². The van der Waals surface area contributed by atoms with Crippen LogP contribution >= 0.6 is 0 Å². The SMILES string of the molecule is Cn1c(-c2ccncc2-c2cccc(CN)c2)nc2cnc(N)nc21. The molecule has 0 bridgehead atoms. The first-order valence-electron chi connectivity index (χ1n) is 7.86. The van der Waals surface area contributed by atoms with E-state index in [0.29, 0.717) is 17.7 Å². The van der Waals surface area contributed by atoms with E-state index < -0.39 is 0 Å². The molecule has 0 fully saturated rings. The highest BCUT2D eigenvalue weighted by atomic mass is 15.1. The lowest BCUT2D eigenvalue weighted by Crippen LogP contribution is -1.99. The molecule has 0 saturated heterocycles. The molecule has 0 aliphatic heterocycles. The minimum atomic E-state index is 0.229. The average molecular weight is 331 g/mol. The van der Waals surface area contributed by atoms with Gasteiger partial charge in [0.1, 0.15) is 11.3 Å². The van der Waals surface area contributed by atoms with Crippen molar-refractivity contribution in [3.05, 3.63) is 54.5 Å². The van der Waals surface area contributed by atoms with Crippen molar-refractivity contribution in [2.45, 2.75) is 6.54 Å². The molecule has 3 heterocycles. The number of pyridine rings is 1. The minimum absolute atomic E-state index is 0.229. The second-order valence-corrected chi connectivity index (χ2v) is 5.76. The first kappa shape index (κ1) is 15.2. The number of aryl methyl sites for hydroxylation is 1. The Labute approximate surface area is 144 Å². The zero-order valence-electron chi connectivity index (χ0n) is 13.7. The minimum Gasteiger partial charge on any atom is -0.368 e. The molecule has 7 heteroatoms. The summed E-state index contributed by atoms with van der Waals surface area (Å²) in [6.45, 7) is 0.491. The van der Waals surface area contributed by atoms with E-state index in [-0.39, 0.29) is 5.95 Å². The predicted molar refractivity (Wildman–Crippen MR) is 97.3 cm³/mol. The van der Waals surface area contributed by atoms with Crippen molar-refractivity contribution in [1.29, 1.82) is 0 Å². The number of nitrogen functional groups attached to an aromatic ring is 1. The molecule has 0 unspecified atom stereocenters. The van der Waals surface area contributed by atoms with Gasteiger partial charge < -0.3 is 16.0 Å². The van der Waals surface area contributed by atoms with Crippen LogP contribution in [0.2, 0.25) is 0 Å². The fourth-order valence-electron chi connectivity index (χ4n) is 2.92. The summed E-state index contributed by atoms with van der Waals surface area (Å²) in [5.41, 5.74) is 16.9. The average Bonchev–Trinajstić information content (AvgIpc) is 2.98. The number of fused-ring (bicyclic) bond motifs is 1. The van der Waals surface area contributed by atoms with Crippen LogP contribution < -0.4 is 11.5 Å². The van der Waals surface area contributed by atoms with Gasteiger partial charge in [0.15, 0.2) is 5.65 Å². The number of hydrogen-bond acceptors (Lipinski definition) is 6. The van der Waals surface area contributed by atoms with E-state index in [1.807, 2.05) is 42.1 Å². The van der Waals surface area contributed by atoms with Gasteiger partial charge in [0.25, 0.3) is 0 Å². The number of imidazole rings is 1. The molecule has 0 aliphatic rings. The molecule has 124 valence electrons. The Morgan fingerprint density at radius 2 is 1.96 bits per heavy atom. The van der Waals surface area contributed by atoms with E-state index in [1.165, 1.54) is 0 Å². The van der Waals surface area contributed by atoms with E-state index in [2.05, 4.69) is 26.0 Å². The van der Waals surface area contributed by atoms with Crippen LogP contribution in [0.3, 0.4) is 0 Å². The van der Waals surface area contributed by atoms with Gasteiger partial charge in [-0.05, 0) is 23.3 Å². The highest BCUT2D eigenvalue weighted by Crippen LogP contribution is 2.32. The Morgan fingerprint density at radius 3 is 2.80 bits per heavy atom. The summed E-state index contributed by atoms with van der Waals surface area (Å²) in [6.07, 6.45) is 5.23. The molecule has 7 nitrogen and oxygen atoms in total. The molecular formula is C18H17N7. The van der Waals surface area contributed by atoms with E-state index in [9.17, 15) is 0 Å². The molecule has 0 amide bonds.